The number of anilines is 1. The quantitative estimate of drug-likeness (QED) is 0.222. The molecule has 5 rings (SSSR count). The van der Waals surface area contributed by atoms with Crippen molar-refractivity contribution in [3.05, 3.63) is 93.4 Å². The molecule has 0 atom stereocenters. The molecule has 2 aromatic heterocycles. The third-order valence-corrected chi connectivity index (χ3v) is 6.41. The van der Waals surface area contributed by atoms with E-state index in [2.05, 4.69) is 21.9 Å². The van der Waals surface area contributed by atoms with Crippen LogP contribution in [-0.2, 0) is 13.2 Å². The number of nitrogens with zero attached hydrogens (tertiary/aromatic N) is 6. The molecule has 1 aliphatic rings. The fraction of sp³-hybridized carbons (Fsp3) is 0.250. The van der Waals surface area contributed by atoms with E-state index in [0.29, 0.717) is 29.6 Å². The molecular weight excluding hydrogens is 452 g/mol. The van der Waals surface area contributed by atoms with Gasteiger partial charge in [0, 0.05) is 44.0 Å². The molecule has 0 unspecified atom stereocenters. The summed E-state index contributed by atoms with van der Waals surface area (Å²) in [4.78, 5) is 15.1. The van der Waals surface area contributed by atoms with Crippen LogP contribution in [0.25, 0.3) is 11.6 Å². The van der Waals surface area contributed by atoms with Crippen LogP contribution in [0.15, 0.2) is 77.4 Å². The molecule has 2 aromatic carbocycles. The number of non-ortho nitro benzene ring substituents is 1. The number of furan rings is 1. The Bertz CT molecular complexity index is 1310. The summed E-state index contributed by atoms with van der Waals surface area (Å²) in [7, 11) is 0. The van der Waals surface area contributed by atoms with Crippen molar-refractivity contribution in [3.8, 4) is 11.6 Å². The zero-order valence-electron chi connectivity index (χ0n) is 18.5. The highest BCUT2D eigenvalue weighted by molar-refractivity contribution is 7.71. The van der Waals surface area contributed by atoms with Crippen molar-refractivity contribution in [3.63, 3.8) is 0 Å². The lowest BCUT2D eigenvalue weighted by atomic mass is 10.2. The van der Waals surface area contributed by atoms with Gasteiger partial charge in [0.2, 0.25) is 0 Å². The number of nitro groups is 1. The van der Waals surface area contributed by atoms with E-state index >= 15 is 0 Å². The summed E-state index contributed by atoms with van der Waals surface area (Å²) in [5, 5.41) is 15.7. The molecule has 0 amide bonds. The van der Waals surface area contributed by atoms with E-state index in [1.807, 2.05) is 51.7 Å². The van der Waals surface area contributed by atoms with Gasteiger partial charge in [-0.25, -0.2) is 4.68 Å². The Hall–Kier alpha value is -3.76. The predicted molar refractivity (Wildman–Crippen MR) is 131 cm³/mol. The predicted octanol–water partition coefficient (Wildman–Crippen LogP) is 4.41. The highest BCUT2D eigenvalue weighted by Gasteiger charge is 2.21. The van der Waals surface area contributed by atoms with Crippen LogP contribution in [0.5, 0.6) is 0 Å². The monoisotopic (exact) mass is 476 g/mol. The second kappa shape index (κ2) is 9.62. The van der Waals surface area contributed by atoms with Gasteiger partial charge in [0.1, 0.15) is 0 Å². The molecule has 9 nitrogen and oxygen atoms in total. The van der Waals surface area contributed by atoms with Crippen LogP contribution in [-0.4, -0.2) is 50.3 Å². The van der Waals surface area contributed by atoms with Gasteiger partial charge in [0.25, 0.3) is 5.69 Å². The van der Waals surface area contributed by atoms with Crippen molar-refractivity contribution in [2.75, 3.05) is 31.1 Å². The highest BCUT2D eigenvalue weighted by atomic mass is 32.1. The van der Waals surface area contributed by atoms with Crippen LogP contribution >= 0.6 is 12.2 Å². The summed E-state index contributed by atoms with van der Waals surface area (Å²) < 4.78 is 10.2. The number of piperazine rings is 1. The average molecular weight is 477 g/mol. The third-order valence-electron chi connectivity index (χ3n) is 5.98. The van der Waals surface area contributed by atoms with Gasteiger partial charge in [-0.05, 0) is 42.0 Å². The molecule has 1 saturated heterocycles. The van der Waals surface area contributed by atoms with Crippen molar-refractivity contribution in [1.82, 2.24) is 19.2 Å². The minimum atomic E-state index is -0.376. The molecule has 0 saturated carbocycles. The molecule has 4 aromatic rings. The summed E-state index contributed by atoms with van der Waals surface area (Å²) in [5.74, 6) is 1.40. The van der Waals surface area contributed by atoms with Crippen molar-refractivity contribution < 1.29 is 9.34 Å². The first-order valence-electron chi connectivity index (χ1n) is 11.1. The highest BCUT2D eigenvalue weighted by Crippen LogP contribution is 2.23. The standard InChI is InChI=1S/C24H24N6O3S/c31-30(32)21-10-8-20(9-11-21)27-14-12-26(13-15-27)18-29-24(34)28(17-19-5-2-1-3-6-19)23(25-29)22-7-4-16-33-22/h1-11,16H,12-15,17-18H2. The lowest BCUT2D eigenvalue weighted by Gasteiger charge is -2.35. The number of hydrogen-bond donors (Lipinski definition) is 0. The molecule has 0 spiro atoms. The van der Waals surface area contributed by atoms with Crippen LogP contribution in [0.1, 0.15) is 5.56 Å². The van der Waals surface area contributed by atoms with Gasteiger partial charge in [0.15, 0.2) is 16.4 Å². The molecule has 34 heavy (non-hydrogen) atoms. The van der Waals surface area contributed by atoms with Crippen molar-refractivity contribution in [2.24, 2.45) is 0 Å². The Labute approximate surface area is 201 Å². The number of rotatable bonds is 7. The molecule has 3 heterocycles. The van der Waals surface area contributed by atoms with Crippen LogP contribution < -0.4 is 4.90 Å². The zero-order valence-corrected chi connectivity index (χ0v) is 19.3. The summed E-state index contributed by atoms with van der Waals surface area (Å²) >= 11 is 5.82. The minimum absolute atomic E-state index is 0.107. The second-order valence-corrected chi connectivity index (χ2v) is 8.54. The number of aromatic nitrogens is 3. The van der Waals surface area contributed by atoms with Crippen LogP contribution in [0.3, 0.4) is 0 Å². The normalized spacial score (nSPS) is 14.4. The van der Waals surface area contributed by atoms with Crippen molar-refractivity contribution in [1.29, 1.82) is 0 Å². The molecule has 1 aliphatic heterocycles. The maximum Gasteiger partial charge on any atom is 0.269 e. The van der Waals surface area contributed by atoms with E-state index in [9.17, 15) is 10.1 Å². The molecular formula is C24H24N6O3S. The first-order chi connectivity index (χ1) is 16.6. The van der Waals surface area contributed by atoms with Crippen LogP contribution in [0, 0.1) is 14.9 Å². The van der Waals surface area contributed by atoms with Gasteiger partial charge in [-0.3, -0.25) is 19.6 Å². The maximum absolute atomic E-state index is 10.9. The van der Waals surface area contributed by atoms with Crippen molar-refractivity contribution >= 4 is 23.6 Å². The van der Waals surface area contributed by atoms with Crippen LogP contribution in [0.2, 0.25) is 0 Å². The lowest BCUT2D eigenvalue weighted by molar-refractivity contribution is -0.384. The van der Waals surface area contributed by atoms with Gasteiger partial charge in [-0.1, -0.05) is 30.3 Å². The third kappa shape index (κ3) is 4.63. The fourth-order valence-corrected chi connectivity index (χ4v) is 4.40. The van der Waals surface area contributed by atoms with E-state index in [1.54, 1.807) is 18.4 Å². The van der Waals surface area contributed by atoms with Crippen molar-refractivity contribution in [2.45, 2.75) is 13.2 Å². The first-order valence-corrected chi connectivity index (χ1v) is 11.5. The van der Waals surface area contributed by atoms with Gasteiger partial charge in [0.05, 0.1) is 24.4 Å². The lowest BCUT2D eigenvalue weighted by Crippen LogP contribution is -2.47. The molecule has 10 heteroatoms. The molecule has 1 fully saturated rings. The Morgan fingerprint density at radius 3 is 2.35 bits per heavy atom. The summed E-state index contributed by atoms with van der Waals surface area (Å²) in [5.41, 5.74) is 2.24. The SMILES string of the molecule is O=[N+]([O-])c1ccc(N2CCN(Cn3nc(-c4ccco4)n(Cc4ccccc4)c3=S)CC2)cc1. The molecule has 0 N–H and O–H groups in total. The smallest absolute Gasteiger partial charge is 0.269 e. The molecule has 0 aliphatic carbocycles. The van der Waals surface area contributed by atoms with E-state index < -0.39 is 0 Å². The van der Waals surface area contributed by atoms with E-state index in [4.69, 9.17) is 21.7 Å². The Morgan fingerprint density at radius 1 is 0.971 bits per heavy atom. The van der Waals surface area contributed by atoms with E-state index in [1.165, 1.54) is 0 Å². The second-order valence-electron chi connectivity index (χ2n) is 8.17. The maximum atomic E-state index is 10.9. The topological polar surface area (TPSA) is 85.5 Å². The summed E-state index contributed by atoms with van der Waals surface area (Å²) in [6, 6.07) is 20.6. The van der Waals surface area contributed by atoms with Gasteiger partial charge >= 0.3 is 0 Å². The average Bonchev–Trinajstić information content (AvgIpc) is 3.50. The summed E-state index contributed by atoms with van der Waals surface area (Å²) in [6.07, 6.45) is 1.64. The number of benzene rings is 2. The van der Waals surface area contributed by atoms with Gasteiger partial charge in [-0.15, -0.1) is 5.10 Å². The van der Waals surface area contributed by atoms with Gasteiger partial charge < -0.3 is 9.32 Å². The Morgan fingerprint density at radius 2 is 1.71 bits per heavy atom. The fourth-order valence-electron chi connectivity index (χ4n) is 4.15. The molecule has 0 bridgehead atoms. The Kier molecular flexibility index (Phi) is 6.24. The Balaban J connectivity index is 1.30. The minimum Gasteiger partial charge on any atom is -0.461 e. The first kappa shape index (κ1) is 22.1. The van der Waals surface area contributed by atoms with Gasteiger partial charge in [-0.2, -0.15) is 0 Å². The molecule has 174 valence electrons. The summed E-state index contributed by atoms with van der Waals surface area (Å²) in [6.45, 7) is 4.51. The zero-order chi connectivity index (χ0) is 23.5. The number of hydrogen-bond acceptors (Lipinski definition) is 7. The number of nitro benzene ring substituents is 1. The van der Waals surface area contributed by atoms with E-state index in [-0.39, 0.29) is 10.6 Å². The molecule has 0 radical (unpaired) electrons. The van der Waals surface area contributed by atoms with Crippen LogP contribution in [0.4, 0.5) is 11.4 Å². The largest absolute Gasteiger partial charge is 0.461 e. The van der Waals surface area contributed by atoms with E-state index in [0.717, 1.165) is 37.4 Å².